The van der Waals surface area contributed by atoms with Gasteiger partial charge < -0.3 is 10.4 Å². The first kappa shape index (κ1) is 19.3. The number of aryl methyl sites for hydroxylation is 1. The predicted octanol–water partition coefficient (Wildman–Crippen LogP) is 1.91. The van der Waals surface area contributed by atoms with Crippen molar-refractivity contribution in [3.05, 3.63) is 57.8 Å². The molecule has 2 rings (SSSR count). The molecule has 26 heavy (non-hydrogen) atoms. The van der Waals surface area contributed by atoms with Crippen molar-refractivity contribution in [3.8, 4) is 5.69 Å². The maximum absolute atomic E-state index is 14.0. The van der Waals surface area contributed by atoms with Crippen molar-refractivity contribution in [3.63, 3.8) is 0 Å². The topological polar surface area (TPSA) is 101 Å². The second-order valence-electron chi connectivity index (χ2n) is 6.36. The monoisotopic (exact) mass is 361 g/mol. The minimum absolute atomic E-state index is 0.0254. The molecule has 0 aliphatic carbocycles. The van der Waals surface area contributed by atoms with E-state index in [0.717, 1.165) is 10.7 Å². The second kappa shape index (κ2) is 7.90. The van der Waals surface area contributed by atoms with Crippen LogP contribution in [-0.2, 0) is 4.79 Å². The van der Waals surface area contributed by atoms with Crippen LogP contribution in [0.1, 0.15) is 36.5 Å². The van der Waals surface area contributed by atoms with E-state index in [0.29, 0.717) is 5.69 Å². The predicted molar refractivity (Wildman–Crippen MR) is 92.9 cm³/mol. The lowest BCUT2D eigenvalue weighted by Gasteiger charge is -2.17. The van der Waals surface area contributed by atoms with Crippen molar-refractivity contribution in [2.45, 2.75) is 33.2 Å². The SMILES string of the molecule is Cc1cc(=O)c(C(=O)N[C@H](CC(C)C)C(=O)O)nn1-c1ccccc1F. The maximum atomic E-state index is 14.0. The molecule has 0 aliphatic heterocycles. The number of carbonyl (C=O) groups excluding carboxylic acids is 1. The number of aliphatic carboxylic acids is 1. The molecule has 1 atom stereocenters. The standard InChI is InChI=1S/C18H20FN3O4/c1-10(2)8-13(18(25)26)20-17(24)16-15(23)9-11(3)22(21-16)14-7-5-4-6-12(14)19/h4-7,9-10,13H,8H2,1-3H3,(H,20,24)(H,25,26)/t13-/m1/s1. The number of hydrogen-bond donors (Lipinski definition) is 2. The molecule has 138 valence electrons. The largest absolute Gasteiger partial charge is 0.480 e. The Labute approximate surface area is 149 Å². The third-order valence-electron chi connectivity index (χ3n) is 3.71. The lowest BCUT2D eigenvalue weighted by atomic mass is 10.0. The summed E-state index contributed by atoms with van der Waals surface area (Å²) in [6.07, 6.45) is 0.203. The van der Waals surface area contributed by atoms with Crippen LogP contribution in [0.4, 0.5) is 4.39 Å². The lowest BCUT2D eigenvalue weighted by Crippen LogP contribution is -2.43. The van der Waals surface area contributed by atoms with Crippen LogP contribution in [-0.4, -0.2) is 32.8 Å². The van der Waals surface area contributed by atoms with E-state index in [4.69, 9.17) is 0 Å². The molecule has 1 heterocycles. The molecule has 2 aromatic rings. The van der Waals surface area contributed by atoms with Crippen LogP contribution in [0.25, 0.3) is 5.69 Å². The Bertz CT molecular complexity index is 892. The van der Waals surface area contributed by atoms with Gasteiger partial charge in [-0.25, -0.2) is 13.9 Å². The smallest absolute Gasteiger partial charge is 0.326 e. The Balaban J connectivity index is 2.42. The Morgan fingerprint density at radius 2 is 1.96 bits per heavy atom. The molecule has 8 heteroatoms. The van der Waals surface area contributed by atoms with Crippen molar-refractivity contribution in [1.82, 2.24) is 15.1 Å². The number of nitrogens with one attached hydrogen (secondary N) is 1. The molecule has 7 nitrogen and oxygen atoms in total. The average Bonchev–Trinajstić information content (AvgIpc) is 2.54. The van der Waals surface area contributed by atoms with Gasteiger partial charge in [0.15, 0.2) is 5.69 Å². The second-order valence-corrected chi connectivity index (χ2v) is 6.36. The van der Waals surface area contributed by atoms with Crippen molar-refractivity contribution < 1.29 is 19.1 Å². The first-order valence-electron chi connectivity index (χ1n) is 8.10. The molecule has 0 spiro atoms. The van der Waals surface area contributed by atoms with Gasteiger partial charge in [-0.1, -0.05) is 26.0 Å². The van der Waals surface area contributed by atoms with Crippen molar-refractivity contribution in [1.29, 1.82) is 0 Å². The van der Waals surface area contributed by atoms with E-state index in [1.165, 1.54) is 18.2 Å². The quantitative estimate of drug-likeness (QED) is 0.818. The normalized spacial score (nSPS) is 12.0. The fraction of sp³-hybridized carbons (Fsp3) is 0.333. The Hall–Kier alpha value is -3.03. The molecule has 0 unspecified atom stereocenters. The first-order valence-corrected chi connectivity index (χ1v) is 8.10. The van der Waals surface area contributed by atoms with Gasteiger partial charge in [-0.15, -0.1) is 0 Å². The first-order chi connectivity index (χ1) is 12.2. The molecule has 0 saturated carbocycles. The van der Waals surface area contributed by atoms with Crippen LogP contribution in [0.15, 0.2) is 35.1 Å². The van der Waals surface area contributed by atoms with Gasteiger partial charge in [0.2, 0.25) is 5.43 Å². The molecule has 1 aromatic heterocycles. The number of rotatable bonds is 6. The van der Waals surface area contributed by atoms with Crippen LogP contribution in [0, 0.1) is 18.7 Å². The van der Waals surface area contributed by atoms with E-state index in [-0.39, 0.29) is 18.0 Å². The number of carbonyl (C=O) groups is 2. The number of halogens is 1. The zero-order valence-electron chi connectivity index (χ0n) is 14.7. The molecule has 0 saturated heterocycles. The summed E-state index contributed by atoms with van der Waals surface area (Å²) in [6, 6.07) is 5.81. The van der Waals surface area contributed by atoms with E-state index in [2.05, 4.69) is 10.4 Å². The van der Waals surface area contributed by atoms with E-state index in [1.807, 2.05) is 13.8 Å². The van der Waals surface area contributed by atoms with Crippen LogP contribution in [0.5, 0.6) is 0 Å². The number of carboxylic acid groups (broad SMARTS) is 1. The molecule has 1 amide bonds. The number of aromatic nitrogens is 2. The van der Waals surface area contributed by atoms with E-state index in [9.17, 15) is 23.9 Å². The fourth-order valence-electron chi connectivity index (χ4n) is 2.49. The average molecular weight is 361 g/mol. The van der Waals surface area contributed by atoms with Gasteiger partial charge in [0.05, 0.1) is 0 Å². The minimum Gasteiger partial charge on any atom is -0.480 e. The molecular formula is C18H20FN3O4. The zero-order chi connectivity index (χ0) is 19.4. The third-order valence-corrected chi connectivity index (χ3v) is 3.71. The summed E-state index contributed by atoms with van der Waals surface area (Å²) in [5.41, 5.74) is -0.736. The lowest BCUT2D eigenvalue weighted by molar-refractivity contribution is -0.139. The summed E-state index contributed by atoms with van der Waals surface area (Å²) in [7, 11) is 0. The number of hydrogen-bond acceptors (Lipinski definition) is 4. The molecule has 0 radical (unpaired) electrons. The molecule has 0 bridgehead atoms. The summed E-state index contributed by atoms with van der Waals surface area (Å²) in [5, 5.41) is 15.5. The van der Waals surface area contributed by atoms with Crippen molar-refractivity contribution in [2.24, 2.45) is 5.92 Å². The molecule has 2 N–H and O–H groups in total. The molecule has 0 aliphatic rings. The third kappa shape index (κ3) is 4.33. The van der Waals surface area contributed by atoms with Crippen LogP contribution >= 0.6 is 0 Å². The number of nitrogens with zero attached hydrogens (tertiary/aromatic N) is 2. The summed E-state index contributed by atoms with van der Waals surface area (Å²) in [4.78, 5) is 35.8. The van der Waals surface area contributed by atoms with Crippen LogP contribution in [0.2, 0.25) is 0 Å². The van der Waals surface area contributed by atoms with E-state index >= 15 is 0 Å². The Morgan fingerprint density at radius 1 is 1.31 bits per heavy atom. The Kier molecular flexibility index (Phi) is 5.86. The summed E-state index contributed by atoms with van der Waals surface area (Å²) in [5.74, 6) is -2.65. The van der Waals surface area contributed by atoms with E-state index in [1.54, 1.807) is 13.0 Å². The highest BCUT2D eigenvalue weighted by molar-refractivity contribution is 5.94. The number of para-hydroxylation sites is 1. The molecule has 0 fully saturated rings. The highest BCUT2D eigenvalue weighted by Gasteiger charge is 2.24. The number of amides is 1. The van der Waals surface area contributed by atoms with Crippen LogP contribution < -0.4 is 10.7 Å². The Morgan fingerprint density at radius 3 is 2.54 bits per heavy atom. The summed E-state index contributed by atoms with van der Waals surface area (Å²) < 4.78 is 15.2. The van der Waals surface area contributed by atoms with Gasteiger partial charge in [0.1, 0.15) is 17.5 Å². The number of carboxylic acids is 1. The molecule has 1 aromatic carbocycles. The van der Waals surface area contributed by atoms with Gasteiger partial charge in [-0.3, -0.25) is 9.59 Å². The van der Waals surface area contributed by atoms with Crippen LogP contribution in [0.3, 0.4) is 0 Å². The maximum Gasteiger partial charge on any atom is 0.326 e. The highest BCUT2D eigenvalue weighted by atomic mass is 19.1. The van der Waals surface area contributed by atoms with Gasteiger partial charge in [-0.2, -0.15) is 5.10 Å². The highest BCUT2D eigenvalue weighted by Crippen LogP contribution is 2.13. The summed E-state index contributed by atoms with van der Waals surface area (Å²) >= 11 is 0. The molecular weight excluding hydrogens is 341 g/mol. The van der Waals surface area contributed by atoms with Gasteiger partial charge >= 0.3 is 5.97 Å². The van der Waals surface area contributed by atoms with Gasteiger partial charge in [-0.05, 0) is 31.4 Å². The summed E-state index contributed by atoms with van der Waals surface area (Å²) in [6.45, 7) is 5.19. The van der Waals surface area contributed by atoms with Crippen molar-refractivity contribution in [2.75, 3.05) is 0 Å². The fourth-order valence-corrected chi connectivity index (χ4v) is 2.49. The van der Waals surface area contributed by atoms with E-state index < -0.39 is 34.9 Å². The number of benzene rings is 1. The van der Waals surface area contributed by atoms with Gasteiger partial charge in [0.25, 0.3) is 5.91 Å². The minimum atomic E-state index is -1.20. The zero-order valence-corrected chi connectivity index (χ0v) is 14.7. The van der Waals surface area contributed by atoms with Gasteiger partial charge in [0, 0.05) is 11.8 Å². The van der Waals surface area contributed by atoms with Crippen molar-refractivity contribution >= 4 is 11.9 Å².